The highest BCUT2D eigenvalue weighted by Gasteiger charge is 2.57. The van der Waals surface area contributed by atoms with Crippen molar-refractivity contribution >= 4 is 41.0 Å². The van der Waals surface area contributed by atoms with E-state index in [0.29, 0.717) is 12.1 Å². The van der Waals surface area contributed by atoms with Gasteiger partial charge in [-0.15, -0.1) is 0 Å². The summed E-state index contributed by atoms with van der Waals surface area (Å²) >= 11 is 5.87. The van der Waals surface area contributed by atoms with Crippen molar-refractivity contribution < 1.29 is 4.58 Å². The van der Waals surface area contributed by atoms with Crippen LogP contribution in [-0.4, -0.2) is 109 Å². The molecule has 1 saturated carbocycles. The number of hydrogen-bond donors (Lipinski definition) is 0. The van der Waals surface area contributed by atoms with Crippen LogP contribution >= 0.6 is 35.3 Å². The molecule has 2 atom stereocenters. The van der Waals surface area contributed by atoms with Gasteiger partial charge in [0.25, 0.3) is 0 Å². The number of nitrogens with zero attached hydrogens (tertiary/aromatic N) is 3. The zero-order valence-electron chi connectivity index (χ0n) is 16.6. The van der Waals surface area contributed by atoms with Crippen LogP contribution < -0.4 is 0 Å². The van der Waals surface area contributed by atoms with Crippen molar-refractivity contribution in [1.82, 2.24) is 9.80 Å². The third kappa shape index (κ3) is 7.48. The lowest BCUT2D eigenvalue weighted by Gasteiger charge is -2.18. The maximum atomic E-state index is 2.59. The van der Waals surface area contributed by atoms with Gasteiger partial charge in [0.1, 0.15) is 25.7 Å². The molecule has 6 heteroatoms. The van der Waals surface area contributed by atoms with Crippen molar-refractivity contribution in [3.63, 3.8) is 0 Å². The van der Waals surface area contributed by atoms with Gasteiger partial charge >= 0.3 is 0 Å². The Kier molecular flexibility index (Phi) is 12.2. The Morgan fingerprint density at radius 3 is 1.62 bits per heavy atom. The molecule has 0 saturated heterocycles. The summed E-state index contributed by atoms with van der Waals surface area (Å²) in [6.45, 7) is 3.62. The van der Waals surface area contributed by atoms with E-state index in [1.165, 1.54) is 56.2 Å². The Bertz CT molecular complexity index is 353. The van der Waals surface area contributed by atoms with Crippen molar-refractivity contribution in [2.24, 2.45) is 0 Å². The van der Waals surface area contributed by atoms with Gasteiger partial charge in [-0.3, -0.25) is 9.80 Å². The second-order valence-corrected chi connectivity index (χ2v) is 9.69. The molecule has 0 aromatic rings. The Hall–Kier alpha value is 0.640. The van der Waals surface area contributed by atoms with E-state index in [1.54, 1.807) is 5.71 Å². The standard InChI is InChI=1S/C18H38N3S3/c1-19(10-7-13-22-4)16-17(20(2)11-8-14-23-5)18(16)21(3)12-9-15-24-6/h16-17H,7-15H2,1-6H3/q+1. The molecule has 2 unspecified atom stereocenters. The molecular weight excluding hydrogens is 354 g/mol. The van der Waals surface area contributed by atoms with E-state index < -0.39 is 0 Å². The van der Waals surface area contributed by atoms with Crippen LogP contribution in [-0.2, 0) is 0 Å². The molecule has 0 amide bonds. The Morgan fingerprint density at radius 2 is 1.21 bits per heavy atom. The predicted octanol–water partition coefficient (Wildman–Crippen LogP) is 2.94. The fourth-order valence-corrected chi connectivity index (χ4v) is 4.63. The smallest absolute Gasteiger partial charge is 0.191 e. The molecule has 3 nitrogen and oxygen atoms in total. The number of thioether (sulfide) groups is 3. The second kappa shape index (κ2) is 12.9. The monoisotopic (exact) mass is 392 g/mol. The van der Waals surface area contributed by atoms with E-state index in [1.807, 2.05) is 35.3 Å². The van der Waals surface area contributed by atoms with Gasteiger partial charge < -0.3 is 0 Å². The highest BCUT2D eigenvalue weighted by Crippen LogP contribution is 2.29. The minimum atomic E-state index is 0.630. The zero-order chi connectivity index (χ0) is 17.9. The Labute approximate surface area is 163 Å². The first-order chi connectivity index (χ1) is 11.6. The Morgan fingerprint density at radius 1 is 0.792 bits per heavy atom. The summed E-state index contributed by atoms with van der Waals surface area (Å²) < 4.78 is 2.54. The third-order valence-corrected chi connectivity index (χ3v) is 6.84. The number of likely N-dealkylation sites (N-methyl/N-ethyl adjacent to an activating group) is 2. The molecule has 0 aliphatic heterocycles. The summed E-state index contributed by atoms with van der Waals surface area (Å²) in [6, 6.07) is 1.26. The SMILES string of the molecule is CSCCCN(C)C1C(=[N+](C)CCCSC)C1N(C)CCCSC. The lowest BCUT2D eigenvalue weighted by molar-refractivity contribution is -0.496. The van der Waals surface area contributed by atoms with Crippen LogP contribution in [0.15, 0.2) is 0 Å². The summed E-state index contributed by atoms with van der Waals surface area (Å²) in [5.74, 6) is 3.80. The molecule has 0 heterocycles. The summed E-state index contributed by atoms with van der Waals surface area (Å²) in [7, 11) is 6.93. The van der Waals surface area contributed by atoms with E-state index in [2.05, 4.69) is 54.3 Å². The van der Waals surface area contributed by atoms with Gasteiger partial charge in [0.15, 0.2) is 5.71 Å². The van der Waals surface area contributed by atoms with Crippen molar-refractivity contribution in [1.29, 1.82) is 0 Å². The first-order valence-electron chi connectivity index (χ1n) is 9.03. The summed E-state index contributed by atoms with van der Waals surface area (Å²) in [5, 5.41) is 0. The molecule has 0 spiro atoms. The van der Waals surface area contributed by atoms with Crippen LogP contribution in [0.1, 0.15) is 19.3 Å². The maximum absolute atomic E-state index is 2.59. The average molecular weight is 393 g/mol. The van der Waals surface area contributed by atoms with Crippen molar-refractivity contribution in [2.45, 2.75) is 31.3 Å². The molecule has 1 rings (SSSR count). The molecule has 0 bridgehead atoms. The quantitative estimate of drug-likeness (QED) is 0.331. The van der Waals surface area contributed by atoms with E-state index in [0.717, 1.165) is 0 Å². The highest BCUT2D eigenvalue weighted by molar-refractivity contribution is 7.98. The second-order valence-electron chi connectivity index (χ2n) is 6.74. The largest absolute Gasteiger partial charge is 0.293 e. The van der Waals surface area contributed by atoms with Crippen molar-refractivity contribution in [2.75, 3.05) is 76.8 Å². The van der Waals surface area contributed by atoms with Gasteiger partial charge in [-0.25, -0.2) is 4.58 Å². The lowest BCUT2D eigenvalue weighted by atomic mass is 10.4. The van der Waals surface area contributed by atoms with Gasteiger partial charge in [-0.05, 0) is 76.1 Å². The van der Waals surface area contributed by atoms with Gasteiger partial charge in [0.05, 0.1) is 0 Å². The first-order valence-corrected chi connectivity index (χ1v) is 13.2. The van der Waals surface area contributed by atoms with Crippen LogP contribution in [0.3, 0.4) is 0 Å². The van der Waals surface area contributed by atoms with E-state index >= 15 is 0 Å². The Balaban J connectivity index is 2.66. The van der Waals surface area contributed by atoms with Gasteiger partial charge in [0.2, 0.25) is 0 Å². The van der Waals surface area contributed by atoms with Gasteiger partial charge in [-0.2, -0.15) is 35.3 Å². The number of rotatable bonds is 14. The average Bonchev–Trinajstić information content (AvgIpc) is 3.31. The predicted molar refractivity (Wildman–Crippen MR) is 118 cm³/mol. The molecule has 0 aromatic heterocycles. The lowest BCUT2D eigenvalue weighted by Crippen LogP contribution is -2.32. The molecule has 142 valence electrons. The fourth-order valence-electron chi connectivity index (χ4n) is 3.38. The van der Waals surface area contributed by atoms with Crippen LogP contribution in [0.25, 0.3) is 0 Å². The molecule has 1 fully saturated rings. The van der Waals surface area contributed by atoms with Crippen LogP contribution in [0.5, 0.6) is 0 Å². The van der Waals surface area contributed by atoms with Crippen molar-refractivity contribution in [3.8, 4) is 0 Å². The molecule has 0 radical (unpaired) electrons. The summed E-state index contributed by atoms with van der Waals surface area (Å²) in [5.41, 5.74) is 1.65. The molecule has 1 aliphatic rings. The van der Waals surface area contributed by atoms with Gasteiger partial charge in [-0.1, -0.05) is 0 Å². The summed E-state index contributed by atoms with van der Waals surface area (Å²) in [4.78, 5) is 5.18. The topological polar surface area (TPSA) is 9.49 Å². The molecular formula is C18H38N3S3+. The number of hydrogen-bond acceptors (Lipinski definition) is 5. The summed E-state index contributed by atoms with van der Waals surface area (Å²) in [6.07, 6.45) is 10.5. The molecule has 0 N–H and O–H groups in total. The molecule has 24 heavy (non-hydrogen) atoms. The minimum absolute atomic E-state index is 0.630. The highest BCUT2D eigenvalue weighted by atomic mass is 32.2. The van der Waals surface area contributed by atoms with Crippen molar-refractivity contribution in [3.05, 3.63) is 0 Å². The normalized spacial score (nSPS) is 20.2. The molecule has 1 aliphatic carbocycles. The van der Waals surface area contributed by atoms with Crippen LogP contribution in [0, 0.1) is 0 Å². The minimum Gasteiger partial charge on any atom is -0.293 e. The molecule has 0 aromatic carbocycles. The van der Waals surface area contributed by atoms with E-state index in [4.69, 9.17) is 0 Å². The van der Waals surface area contributed by atoms with Crippen LogP contribution in [0.2, 0.25) is 0 Å². The van der Waals surface area contributed by atoms with Gasteiger partial charge in [0, 0.05) is 6.42 Å². The fraction of sp³-hybridized carbons (Fsp3) is 0.944. The van der Waals surface area contributed by atoms with Crippen LogP contribution in [0.4, 0.5) is 0 Å². The van der Waals surface area contributed by atoms with E-state index in [9.17, 15) is 0 Å². The third-order valence-electron chi connectivity index (χ3n) is 4.75. The first kappa shape index (κ1) is 22.7. The maximum Gasteiger partial charge on any atom is 0.191 e. The van der Waals surface area contributed by atoms with E-state index in [-0.39, 0.29) is 0 Å². The zero-order valence-corrected chi connectivity index (χ0v) is 19.0.